The Balaban J connectivity index is 1.20. The van der Waals surface area contributed by atoms with Gasteiger partial charge < -0.3 is 34.5 Å². The molecule has 0 amide bonds. The van der Waals surface area contributed by atoms with E-state index in [0.29, 0.717) is 5.92 Å². The van der Waals surface area contributed by atoms with E-state index in [0.717, 1.165) is 70.8 Å². The van der Waals surface area contributed by atoms with Crippen LogP contribution in [0.4, 0.5) is 0 Å². The molecule has 0 unspecified atom stereocenters. The molecule has 8 heteroatoms. The molecule has 5 aliphatic rings. The zero-order valence-electron chi connectivity index (χ0n) is 25.7. The number of aliphatic hydroxyl groups excluding tert-OH is 3. The van der Waals surface area contributed by atoms with Gasteiger partial charge in [0.25, 0.3) is 5.56 Å². The van der Waals surface area contributed by atoms with Crippen LogP contribution < -0.4 is 5.56 Å². The van der Waals surface area contributed by atoms with Crippen molar-refractivity contribution in [1.29, 1.82) is 0 Å². The van der Waals surface area contributed by atoms with Crippen LogP contribution in [-0.4, -0.2) is 67.4 Å². The van der Waals surface area contributed by atoms with E-state index in [-0.39, 0.29) is 34.3 Å². The monoisotopic (exact) mass is 585 g/mol. The summed E-state index contributed by atoms with van der Waals surface area (Å²) < 4.78 is 13.8. The Morgan fingerprint density at radius 1 is 1.00 bits per heavy atom. The van der Waals surface area contributed by atoms with E-state index < -0.39 is 36.3 Å². The lowest BCUT2D eigenvalue weighted by Crippen LogP contribution is -2.60. The number of allylic oxidation sites excluding steroid dienone is 1. The zero-order chi connectivity index (χ0) is 30.0. The lowest BCUT2D eigenvalue weighted by Gasteiger charge is -2.62. The molecule has 0 bridgehead atoms. The van der Waals surface area contributed by atoms with Gasteiger partial charge in [-0.15, -0.1) is 0 Å². The van der Waals surface area contributed by atoms with Crippen LogP contribution in [0.1, 0.15) is 103 Å². The minimum atomic E-state index is -1.30. The highest BCUT2D eigenvalue weighted by Crippen LogP contribution is 2.70. The molecule has 0 aromatic carbocycles. The number of nitrogens with zero attached hydrogens (tertiary/aromatic N) is 1. The maximum atomic E-state index is 12.6. The van der Waals surface area contributed by atoms with Crippen molar-refractivity contribution in [3.8, 4) is 0 Å². The van der Waals surface area contributed by atoms with Crippen LogP contribution in [0.5, 0.6) is 0 Å². The summed E-state index contributed by atoms with van der Waals surface area (Å²) in [6, 6.07) is 3.73. The first-order valence-corrected chi connectivity index (χ1v) is 16.4. The van der Waals surface area contributed by atoms with E-state index >= 15 is 0 Å². The van der Waals surface area contributed by atoms with Crippen LogP contribution in [0, 0.1) is 22.7 Å². The molecular formula is C34H51NO7. The lowest BCUT2D eigenvalue weighted by atomic mass is 9.45. The first-order chi connectivity index (χ1) is 19.9. The summed E-state index contributed by atoms with van der Waals surface area (Å²) in [5.41, 5.74) is 1.66. The number of hydrogen-bond acceptors (Lipinski definition) is 7. The molecule has 4 fully saturated rings. The van der Waals surface area contributed by atoms with Gasteiger partial charge in [0.1, 0.15) is 18.3 Å². The van der Waals surface area contributed by atoms with Crippen LogP contribution in [0.3, 0.4) is 0 Å². The first-order valence-electron chi connectivity index (χ1n) is 16.4. The molecule has 1 aromatic rings. The Hall–Kier alpha value is -1.55. The molecule has 12 atom stereocenters. The van der Waals surface area contributed by atoms with Crippen molar-refractivity contribution in [2.24, 2.45) is 22.7 Å². The molecule has 8 nitrogen and oxygen atoms in total. The van der Waals surface area contributed by atoms with Gasteiger partial charge in [0.15, 0.2) is 6.29 Å². The fourth-order valence-electron chi connectivity index (χ4n) is 9.87. The van der Waals surface area contributed by atoms with Gasteiger partial charge in [-0.2, -0.15) is 0 Å². The molecule has 42 heavy (non-hydrogen) atoms. The molecule has 6 rings (SSSR count). The molecule has 0 radical (unpaired) electrons. The van der Waals surface area contributed by atoms with E-state index in [1.165, 1.54) is 11.1 Å². The van der Waals surface area contributed by atoms with E-state index in [1.54, 1.807) is 13.0 Å². The van der Waals surface area contributed by atoms with Gasteiger partial charge in [0, 0.05) is 24.2 Å². The number of aromatic nitrogens is 1. The van der Waals surface area contributed by atoms with Crippen LogP contribution in [0.15, 0.2) is 34.8 Å². The van der Waals surface area contributed by atoms with Gasteiger partial charge in [-0.1, -0.05) is 44.9 Å². The summed E-state index contributed by atoms with van der Waals surface area (Å²) in [7, 11) is 0. The van der Waals surface area contributed by atoms with Gasteiger partial charge in [-0.25, -0.2) is 0 Å². The first kappa shape index (κ1) is 30.5. The average Bonchev–Trinajstić information content (AvgIpc) is 3.25. The second kappa shape index (κ2) is 11.1. The maximum Gasteiger partial charge on any atom is 0.250 e. The van der Waals surface area contributed by atoms with Crippen LogP contribution >= 0.6 is 0 Å². The summed E-state index contributed by atoms with van der Waals surface area (Å²) in [4.78, 5) is 12.5. The molecular weight excluding hydrogens is 534 g/mol. The Kier molecular flexibility index (Phi) is 8.06. The number of ether oxygens (including phenoxy) is 2. The van der Waals surface area contributed by atoms with Gasteiger partial charge in [0.05, 0.1) is 17.8 Å². The molecule has 1 saturated heterocycles. The number of pyridine rings is 1. The third-order valence-corrected chi connectivity index (χ3v) is 12.5. The highest BCUT2D eigenvalue weighted by molar-refractivity contribution is 5.31. The Morgan fingerprint density at radius 2 is 1.79 bits per heavy atom. The SMILES string of the molecule is CCCCn1cc([C@H]2CC[C@]3(O)[C@@H]4CCC5=C[C@@H](O[C@@H]6O[C@@H](C)[C@H](O)[C@@H](O)[C@H]6O)CC[C@]5(C)[C@H]4CC[C@]23C)ccc1=O. The fraction of sp³-hybridized carbons (Fsp3) is 0.794. The largest absolute Gasteiger partial charge is 0.389 e. The molecule has 2 heterocycles. The summed E-state index contributed by atoms with van der Waals surface area (Å²) in [6.07, 6.45) is 8.08. The lowest BCUT2D eigenvalue weighted by molar-refractivity contribution is -0.301. The second-order valence-electron chi connectivity index (χ2n) is 14.6. The maximum absolute atomic E-state index is 12.6. The smallest absolute Gasteiger partial charge is 0.250 e. The summed E-state index contributed by atoms with van der Waals surface area (Å²) in [5.74, 6) is 0.860. The van der Waals surface area contributed by atoms with E-state index in [1.807, 2.05) is 10.6 Å². The fourth-order valence-corrected chi connectivity index (χ4v) is 9.87. The number of aryl methyl sites for hydroxylation is 1. The van der Waals surface area contributed by atoms with E-state index in [4.69, 9.17) is 9.47 Å². The van der Waals surface area contributed by atoms with Crippen LogP contribution in [0.2, 0.25) is 0 Å². The van der Waals surface area contributed by atoms with Gasteiger partial charge in [-0.3, -0.25) is 4.79 Å². The second-order valence-corrected chi connectivity index (χ2v) is 14.6. The third kappa shape index (κ3) is 4.67. The van der Waals surface area contributed by atoms with Crippen molar-refractivity contribution in [2.75, 3.05) is 0 Å². The number of fused-ring (bicyclic) bond motifs is 5. The van der Waals surface area contributed by atoms with Gasteiger partial charge in [0.2, 0.25) is 0 Å². The van der Waals surface area contributed by atoms with Crippen molar-refractivity contribution in [2.45, 2.75) is 147 Å². The summed E-state index contributed by atoms with van der Waals surface area (Å²) >= 11 is 0. The number of aliphatic hydroxyl groups is 4. The molecule has 1 aliphatic heterocycles. The number of rotatable bonds is 6. The molecule has 0 spiro atoms. The minimum Gasteiger partial charge on any atom is -0.389 e. The molecule has 1 aromatic heterocycles. The Morgan fingerprint density at radius 3 is 2.55 bits per heavy atom. The van der Waals surface area contributed by atoms with Gasteiger partial charge >= 0.3 is 0 Å². The van der Waals surface area contributed by atoms with Gasteiger partial charge in [-0.05, 0) is 93.4 Å². The quantitative estimate of drug-likeness (QED) is 0.372. The summed E-state index contributed by atoms with van der Waals surface area (Å²) in [5, 5.41) is 43.4. The van der Waals surface area contributed by atoms with Crippen molar-refractivity contribution in [3.63, 3.8) is 0 Å². The Labute approximate surface area is 249 Å². The zero-order valence-corrected chi connectivity index (χ0v) is 25.7. The molecule has 3 saturated carbocycles. The highest BCUT2D eigenvalue weighted by atomic mass is 16.7. The molecule has 234 valence electrons. The topological polar surface area (TPSA) is 121 Å². The van der Waals surface area contributed by atoms with Crippen LogP contribution in [0.25, 0.3) is 0 Å². The van der Waals surface area contributed by atoms with Crippen LogP contribution in [-0.2, 0) is 16.0 Å². The number of unbranched alkanes of at least 4 members (excludes halogenated alkanes) is 1. The normalized spacial score (nSPS) is 46.9. The predicted molar refractivity (Wildman–Crippen MR) is 159 cm³/mol. The van der Waals surface area contributed by atoms with E-state index in [9.17, 15) is 25.2 Å². The molecule has 4 aliphatic carbocycles. The van der Waals surface area contributed by atoms with Crippen molar-refractivity contribution in [3.05, 3.63) is 45.9 Å². The van der Waals surface area contributed by atoms with Crippen molar-refractivity contribution < 1.29 is 29.9 Å². The standard InChI is InChI=1S/C34H51NO7/c1-5-6-17-35-19-21(7-10-27(35)36)24-13-16-34(40)26-9-8-22-18-23(42-31-30(39)29(38)28(37)20(2)41-31)11-14-32(22,3)25(26)12-15-33(24,34)4/h7,10,18-20,23-26,28-31,37-40H,5-6,8-9,11-17H2,1-4H3/t20-,23-,24+,25-,26+,28-,29+,30+,31-,32-,33+,34-/m0/s1. The minimum absolute atomic E-state index is 0.0136. The van der Waals surface area contributed by atoms with E-state index in [2.05, 4.69) is 33.0 Å². The number of hydrogen-bond donors (Lipinski definition) is 4. The van der Waals surface area contributed by atoms with Crippen molar-refractivity contribution >= 4 is 0 Å². The summed E-state index contributed by atoms with van der Waals surface area (Å²) in [6.45, 7) is 9.24. The van der Waals surface area contributed by atoms with Crippen molar-refractivity contribution in [1.82, 2.24) is 4.57 Å². The highest BCUT2D eigenvalue weighted by Gasteiger charge is 2.66. The molecule has 4 N–H and O–H groups in total. The predicted octanol–water partition coefficient (Wildman–Crippen LogP) is 4.02. The average molecular weight is 586 g/mol. The third-order valence-electron chi connectivity index (χ3n) is 12.5. The Bertz CT molecular complexity index is 1250.